The molecule has 0 heterocycles. The quantitative estimate of drug-likeness (QED) is 0.308. The molecule has 0 aliphatic rings. The first kappa shape index (κ1) is 15.4. The molecule has 0 spiro atoms. The van der Waals surface area contributed by atoms with Gasteiger partial charge in [-0.05, 0) is 51.4 Å². The van der Waals surface area contributed by atoms with Crippen LogP contribution in [0.25, 0.3) is 43.1 Å². The van der Waals surface area contributed by atoms with Gasteiger partial charge in [-0.25, -0.2) is 0 Å². The highest BCUT2D eigenvalue weighted by molar-refractivity contribution is 6.28. The number of rotatable bonds is 0. The van der Waals surface area contributed by atoms with Gasteiger partial charge in [-0.15, -0.1) is 0 Å². The van der Waals surface area contributed by atoms with E-state index in [9.17, 15) is 10.5 Å². The molecule has 0 fully saturated rings. The monoisotopic (exact) mass is 342 g/mol. The van der Waals surface area contributed by atoms with Crippen LogP contribution in [0.4, 0.5) is 0 Å². The summed E-state index contributed by atoms with van der Waals surface area (Å²) in [4.78, 5) is 0. The Morgan fingerprint density at radius 3 is 1.89 bits per heavy atom. The van der Waals surface area contributed by atoms with E-state index in [0.717, 1.165) is 32.3 Å². The van der Waals surface area contributed by atoms with E-state index in [1.54, 1.807) is 12.1 Å². The molecule has 0 N–H and O–H groups in total. The van der Waals surface area contributed by atoms with Crippen molar-refractivity contribution >= 4 is 43.1 Å². The number of nitrogens with zero attached hydrogens (tertiary/aromatic N) is 2. The molecule has 5 aromatic rings. The molecule has 0 aliphatic heterocycles. The fourth-order valence-electron chi connectivity index (χ4n) is 4.11. The maximum atomic E-state index is 9.76. The molecule has 5 rings (SSSR count). The lowest BCUT2D eigenvalue weighted by molar-refractivity contribution is 1.48. The van der Waals surface area contributed by atoms with Crippen molar-refractivity contribution in [3.63, 3.8) is 0 Å². The summed E-state index contributed by atoms with van der Waals surface area (Å²) in [5.74, 6) is 0. The van der Waals surface area contributed by atoms with Gasteiger partial charge in [0.05, 0.1) is 23.3 Å². The number of fused-ring (bicyclic) bond motifs is 7. The molecule has 0 saturated heterocycles. The summed E-state index contributed by atoms with van der Waals surface area (Å²) in [6.07, 6.45) is 0. The summed E-state index contributed by atoms with van der Waals surface area (Å²) in [5.41, 5.74) is 2.40. The highest BCUT2D eigenvalue weighted by Crippen LogP contribution is 2.38. The van der Waals surface area contributed by atoms with E-state index in [0.29, 0.717) is 11.1 Å². The minimum Gasteiger partial charge on any atom is -0.192 e. The molecule has 2 heteroatoms. The number of hydrogen-bond donors (Lipinski definition) is 0. The van der Waals surface area contributed by atoms with E-state index >= 15 is 0 Å². The van der Waals surface area contributed by atoms with Crippen molar-refractivity contribution in [2.24, 2.45) is 0 Å². The Bertz CT molecular complexity index is 1490. The number of nitriles is 2. The van der Waals surface area contributed by atoms with Gasteiger partial charge >= 0.3 is 0 Å². The van der Waals surface area contributed by atoms with Crippen molar-refractivity contribution in [1.29, 1.82) is 10.5 Å². The van der Waals surface area contributed by atoms with Gasteiger partial charge in [0, 0.05) is 10.8 Å². The summed E-state index contributed by atoms with van der Waals surface area (Å²) < 4.78 is 0. The minimum atomic E-state index is 0.597. The third kappa shape index (κ3) is 2.11. The molecule has 0 bridgehead atoms. The zero-order valence-electron chi connectivity index (χ0n) is 14.7. The van der Waals surface area contributed by atoms with Crippen molar-refractivity contribution in [1.82, 2.24) is 0 Å². The van der Waals surface area contributed by atoms with E-state index in [4.69, 9.17) is 0 Å². The number of aryl methyl sites for hydroxylation is 1. The van der Waals surface area contributed by atoms with E-state index < -0.39 is 0 Å². The number of hydrogen-bond acceptors (Lipinski definition) is 2. The molecule has 0 saturated carbocycles. The van der Waals surface area contributed by atoms with Crippen LogP contribution >= 0.6 is 0 Å². The second-order valence-electron chi connectivity index (χ2n) is 6.92. The lowest BCUT2D eigenvalue weighted by atomic mass is 9.89. The Balaban J connectivity index is 2.20. The normalized spacial score (nSPS) is 11.1. The van der Waals surface area contributed by atoms with Gasteiger partial charge in [0.15, 0.2) is 0 Å². The van der Waals surface area contributed by atoms with Crippen molar-refractivity contribution in [2.75, 3.05) is 0 Å². The lowest BCUT2D eigenvalue weighted by Gasteiger charge is -2.13. The standard InChI is InChI=1S/C25H14N2/c1-15-2-3-16-4-5-17-6-7-18-10-11-21-19(13-26)8-9-20(14-27)24(21)25(18)23(17)22(16)12-15/h2-12H,1H3. The lowest BCUT2D eigenvalue weighted by Crippen LogP contribution is -1.89. The van der Waals surface area contributed by atoms with E-state index in [2.05, 4.69) is 61.5 Å². The summed E-state index contributed by atoms with van der Waals surface area (Å²) in [5, 5.41) is 27.8. The van der Waals surface area contributed by atoms with Crippen molar-refractivity contribution in [3.8, 4) is 12.1 Å². The highest BCUT2D eigenvalue weighted by atomic mass is 14.3. The molecule has 2 nitrogen and oxygen atoms in total. The predicted octanol–water partition coefficient (Wildman–Crippen LogP) is 6.35. The Morgan fingerprint density at radius 1 is 0.556 bits per heavy atom. The van der Waals surface area contributed by atoms with Crippen LogP contribution in [0.1, 0.15) is 16.7 Å². The minimum absolute atomic E-state index is 0.597. The van der Waals surface area contributed by atoms with Gasteiger partial charge in [0.25, 0.3) is 0 Å². The fraction of sp³-hybridized carbons (Fsp3) is 0.0400. The summed E-state index contributed by atoms with van der Waals surface area (Å²) in [6.45, 7) is 2.09. The molecular formula is C25H14N2. The first-order chi connectivity index (χ1) is 13.2. The maximum absolute atomic E-state index is 9.76. The SMILES string of the molecule is Cc1ccc2ccc3ccc4ccc5c(C#N)ccc(C#N)c5c4c3c2c1. The topological polar surface area (TPSA) is 47.6 Å². The van der Waals surface area contributed by atoms with Gasteiger partial charge < -0.3 is 0 Å². The maximum Gasteiger partial charge on any atom is 0.0998 e. The molecule has 124 valence electrons. The molecule has 0 unspecified atom stereocenters. The molecule has 5 aromatic carbocycles. The van der Waals surface area contributed by atoms with Gasteiger partial charge in [0.1, 0.15) is 0 Å². The van der Waals surface area contributed by atoms with E-state index in [-0.39, 0.29) is 0 Å². The second kappa shape index (κ2) is 5.56. The van der Waals surface area contributed by atoms with Crippen molar-refractivity contribution in [3.05, 3.63) is 83.4 Å². The third-order valence-corrected chi connectivity index (χ3v) is 5.36. The van der Waals surface area contributed by atoms with Gasteiger partial charge in [0.2, 0.25) is 0 Å². The molecule has 0 atom stereocenters. The van der Waals surface area contributed by atoms with Crippen LogP contribution in [-0.2, 0) is 0 Å². The Labute approximate surface area is 156 Å². The van der Waals surface area contributed by atoms with Crippen molar-refractivity contribution in [2.45, 2.75) is 6.92 Å². The molecule has 0 amide bonds. The Morgan fingerprint density at radius 2 is 1.15 bits per heavy atom. The van der Waals surface area contributed by atoms with Gasteiger partial charge in [-0.1, -0.05) is 60.2 Å². The van der Waals surface area contributed by atoms with Crippen LogP contribution in [-0.4, -0.2) is 0 Å². The largest absolute Gasteiger partial charge is 0.192 e. The average molecular weight is 342 g/mol. The van der Waals surface area contributed by atoms with Crippen LogP contribution in [0.5, 0.6) is 0 Å². The zero-order valence-corrected chi connectivity index (χ0v) is 14.7. The van der Waals surface area contributed by atoms with Crippen LogP contribution in [0.15, 0.2) is 66.7 Å². The van der Waals surface area contributed by atoms with Crippen LogP contribution in [0.3, 0.4) is 0 Å². The molecule has 0 aromatic heterocycles. The van der Waals surface area contributed by atoms with E-state index in [1.807, 2.05) is 12.1 Å². The molecular weight excluding hydrogens is 328 g/mol. The second-order valence-corrected chi connectivity index (χ2v) is 6.92. The van der Waals surface area contributed by atoms with Gasteiger partial charge in [-0.3, -0.25) is 0 Å². The van der Waals surface area contributed by atoms with Crippen LogP contribution < -0.4 is 0 Å². The fourth-order valence-corrected chi connectivity index (χ4v) is 4.11. The van der Waals surface area contributed by atoms with Crippen LogP contribution in [0, 0.1) is 29.6 Å². The Kier molecular flexibility index (Phi) is 3.17. The van der Waals surface area contributed by atoms with E-state index in [1.165, 1.54) is 16.3 Å². The average Bonchev–Trinajstić information content (AvgIpc) is 2.71. The summed E-state index contributed by atoms with van der Waals surface area (Å²) in [7, 11) is 0. The first-order valence-corrected chi connectivity index (χ1v) is 8.83. The first-order valence-electron chi connectivity index (χ1n) is 8.83. The molecule has 0 radical (unpaired) electrons. The zero-order chi connectivity index (χ0) is 18.5. The third-order valence-electron chi connectivity index (χ3n) is 5.36. The van der Waals surface area contributed by atoms with Crippen molar-refractivity contribution < 1.29 is 0 Å². The smallest absolute Gasteiger partial charge is 0.0998 e. The molecule has 27 heavy (non-hydrogen) atoms. The van der Waals surface area contributed by atoms with Crippen LogP contribution in [0.2, 0.25) is 0 Å². The Hall–Kier alpha value is -3.88. The predicted molar refractivity (Wildman–Crippen MR) is 111 cm³/mol. The number of benzene rings is 5. The highest BCUT2D eigenvalue weighted by Gasteiger charge is 2.14. The molecule has 0 aliphatic carbocycles. The van der Waals surface area contributed by atoms with Gasteiger partial charge in [-0.2, -0.15) is 10.5 Å². The summed E-state index contributed by atoms with van der Waals surface area (Å²) >= 11 is 0. The summed E-state index contributed by atoms with van der Waals surface area (Å²) in [6, 6.07) is 27.1.